The van der Waals surface area contributed by atoms with E-state index in [2.05, 4.69) is 20.2 Å². The molecule has 1 fully saturated rings. The van der Waals surface area contributed by atoms with E-state index in [0.29, 0.717) is 46.9 Å². The first-order valence-electron chi connectivity index (χ1n) is 14.1. The molecule has 9 nitrogen and oxygen atoms in total. The van der Waals surface area contributed by atoms with Crippen LogP contribution in [0.15, 0.2) is 77.9 Å². The molecule has 2 aliphatic heterocycles. The quantitative estimate of drug-likeness (QED) is 0.230. The van der Waals surface area contributed by atoms with E-state index >= 15 is 0 Å². The first-order chi connectivity index (χ1) is 20.8. The topological polar surface area (TPSA) is 103 Å². The van der Waals surface area contributed by atoms with E-state index < -0.39 is 5.91 Å². The molecule has 11 heteroatoms. The summed E-state index contributed by atoms with van der Waals surface area (Å²) in [6, 6.07) is 19.6. The van der Waals surface area contributed by atoms with Crippen molar-refractivity contribution in [1.82, 2.24) is 19.8 Å². The van der Waals surface area contributed by atoms with Crippen molar-refractivity contribution in [2.75, 3.05) is 43.9 Å². The van der Waals surface area contributed by atoms with Crippen LogP contribution in [-0.2, 0) is 6.42 Å². The molecule has 220 valence electrons. The zero-order valence-electron chi connectivity index (χ0n) is 24.0. The number of carbonyl (C=O) groups is 1. The number of amides is 1. The number of para-hydroxylation sites is 1. The summed E-state index contributed by atoms with van der Waals surface area (Å²) in [5.41, 5.74) is 11.1. The summed E-state index contributed by atoms with van der Waals surface area (Å²) >= 11 is 6.39. The van der Waals surface area contributed by atoms with Crippen LogP contribution in [-0.4, -0.2) is 71.4 Å². The van der Waals surface area contributed by atoms with Gasteiger partial charge in [0.1, 0.15) is 5.82 Å². The summed E-state index contributed by atoms with van der Waals surface area (Å²) in [6.07, 6.45) is 3.39. The van der Waals surface area contributed by atoms with Crippen LogP contribution in [0.4, 0.5) is 27.4 Å². The Balaban J connectivity index is 1.21. The van der Waals surface area contributed by atoms with Crippen molar-refractivity contribution < 1.29 is 9.18 Å². The highest BCUT2D eigenvalue weighted by atomic mass is 35.5. The zero-order chi connectivity index (χ0) is 30.1. The molecule has 0 radical (unpaired) electrons. The Bertz CT molecular complexity index is 1690. The molecule has 3 heterocycles. The molecule has 1 unspecified atom stereocenters. The fourth-order valence-electron chi connectivity index (χ4n) is 5.52. The molecular formula is C32H32ClFN8O. The van der Waals surface area contributed by atoms with Crippen LogP contribution < -0.4 is 16.0 Å². The smallest absolute Gasteiger partial charge is 0.280 e. The molecule has 4 aromatic rings. The standard InChI is InChI=1S/C32H32ClFN8O/c1-40(2)24-14-15-41(19-24)31(35)39-30(43)20-7-10-23(11-8-20)37-32-36-18-21-13-16-42(27-6-4-3-5-26(27)34)28-17-22(33)9-12-25(28)29(21)38-32/h3-12,17-18,24H,13-16,19H2,1-2H3,(H2,35,39,43)(H,36,37,38). The molecule has 6 rings (SSSR count). The van der Waals surface area contributed by atoms with Crippen LogP contribution in [0.25, 0.3) is 11.3 Å². The highest BCUT2D eigenvalue weighted by molar-refractivity contribution is 6.31. The van der Waals surface area contributed by atoms with Crippen LogP contribution in [0.3, 0.4) is 0 Å². The number of nitrogens with one attached hydrogen (secondary N) is 1. The maximum Gasteiger partial charge on any atom is 0.280 e. The summed E-state index contributed by atoms with van der Waals surface area (Å²) < 4.78 is 14.8. The van der Waals surface area contributed by atoms with Crippen molar-refractivity contribution in [3.63, 3.8) is 0 Å². The van der Waals surface area contributed by atoms with Gasteiger partial charge in [0.25, 0.3) is 5.91 Å². The summed E-state index contributed by atoms with van der Waals surface area (Å²) in [6.45, 7) is 2.06. The van der Waals surface area contributed by atoms with Gasteiger partial charge in [-0.15, -0.1) is 0 Å². The van der Waals surface area contributed by atoms with Crippen molar-refractivity contribution in [3.05, 3.63) is 94.9 Å². The van der Waals surface area contributed by atoms with Gasteiger partial charge in [0.15, 0.2) is 5.96 Å². The molecule has 0 bridgehead atoms. The van der Waals surface area contributed by atoms with Crippen molar-refractivity contribution in [3.8, 4) is 11.3 Å². The molecule has 1 saturated heterocycles. The number of nitrogens with zero attached hydrogens (tertiary/aromatic N) is 6. The van der Waals surface area contributed by atoms with Crippen molar-refractivity contribution in [1.29, 1.82) is 0 Å². The maximum atomic E-state index is 14.8. The second-order valence-electron chi connectivity index (χ2n) is 10.9. The Hall–Kier alpha value is -4.54. The van der Waals surface area contributed by atoms with Gasteiger partial charge in [0, 0.05) is 53.7 Å². The van der Waals surface area contributed by atoms with Gasteiger partial charge < -0.3 is 25.8 Å². The third kappa shape index (κ3) is 6.02. The van der Waals surface area contributed by atoms with Crippen molar-refractivity contribution in [2.45, 2.75) is 18.9 Å². The Kier molecular flexibility index (Phi) is 7.96. The SMILES string of the molecule is CN(C)C1CCN(C(N)=NC(=O)c2ccc(Nc3ncc4c(n3)-c3ccc(Cl)cc3N(c3ccccc3F)CC4)cc2)C1. The predicted molar refractivity (Wildman–Crippen MR) is 169 cm³/mol. The van der Waals surface area contributed by atoms with E-state index in [9.17, 15) is 9.18 Å². The van der Waals surface area contributed by atoms with Gasteiger partial charge in [-0.25, -0.2) is 14.4 Å². The maximum absolute atomic E-state index is 14.8. The summed E-state index contributed by atoms with van der Waals surface area (Å²) in [5.74, 6) is -0.0691. The first-order valence-corrected chi connectivity index (χ1v) is 14.5. The lowest BCUT2D eigenvalue weighted by atomic mass is 10.0. The van der Waals surface area contributed by atoms with Crippen LogP contribution in [0.5, 0.6) is 0 Å². The normalized spacial score (nSPS) is 16.6. The van der Waals surface area contributed by atoms with Crippen molar-refractivity contribution >= 4 is 46.5 Å². The Morgan fingerprint density at radius 1 is 1.09 bits per heavy atom. The van der Waals surface area contributed by atoms with Gasteiger partial charge in [-0.05, 0) is 87.1 Å². The zero-order valence-corrected chi connectivity index (χ0v) is 24.7. The molecule has 0 spiro atoms. The average Bonchev–Trinajstić information content (AvgIpc) is 3.45. The number of anilines is 4. The average molecular weight is 599 g/mol. The Labute approximate surface area is 254 Å². The number of carbonyl (C=O) groups excluding carboxylic acids is 1. The van der Waals surface area contributed by atoms with E-state index in [1.165, 1.54) is 6.07 Å². The highest BCUT2D eigenvalue weighted by Gasteiger charge is 2.26. The number of hydrogen-bond acceptors (Lipinski definition) is 6. The second-order valence-corrected chi connectivity index (χ2v) is 11.3. The second kappa shape index (κ2) is 12.0. The molecule has 0 aliphatic carbocycles. The fourth-order valence-corrected chi connectivity index (χ4v) is 5.69. The van der Waals surface area contributed by atoms with E-state index in [0.717, 1.165) is 42.0 Å². The van der Waals surface area contributed by atoms with E-state index in [4.69, 9.17) is 22.3 Å². The summed E-state index contributed by atoms with van der Waals surface area (Å²) in [5, 5.41) is 3.78. The number of likely N-dealkylation sites (N-methyl/N-ethyl adjacent to an activating group) is 1. The molecule has 2 aliphatic rings. The van der Waals surface area contributed by atoms with Gasteiger partial charge >= 0.3 is 0 Å². The molecule has 43 heavy (non-hydrogen) atoms. The van der Waals surface area contributed by atoms with Gasteiger partial charge in [-0.1, -0.05) is 23.7 Å². The number of halogens is 2. The minimum Gasteiger partial charge on any atom is -0.369 e. The molecule has 1 amide bonds. The fraction of sp³-hybridized carbons (Fsp3) is 0.250. The molecule has 0 saturated carbocycles. The number of benzene rings is 3. The Morgan fingerprint density at radius 2 is 1.88 bits per heavy atom. The summed E-state index contributed by atoms with van der Waals surface area (Å²) in [4.78, 5) is 32.3. The molecule has 3 aromatic carbocycles. The van der Waals surface area contributed by atoms with Crippen LogP contribution >= 0.6 is 11.6 Å². The lowest BCUT2D eigenvalue weighted by Crippen LogP contribution is -2.39. The number of aliphatic imine (C=N–C) groups is 1. The summed E-state index contributed by atoms with van der Waals surface area (Å²) in [7, 11) is 4.07. The highest BCUT2D eigenvalue weighted by Crippen LogP contribution is 2.41. The van der Waals surface area contributed by atoms with Gasteiger partial charge in [0.2, 0.25) is 5.95 Å². The molecule has 1 aromatic heterocycles. The number of nitrogens with two attached hydrogens (primary N) is 1. The molecule has 1 atom stereocenters. The number of fused-ring (bicyclic) bond motifs is 3. The minimum absolute atomic E-state index is 0.241. The van der Waals surface area contributed by atoms with Gasteiger partial charge in [0.05, 0.1) is 17.1 Å². The lowest BCUT2D eigenvalue weighted by Gasteiger charge is -2.25. The number of guanidine groups is 1. The number of rotatable bonds is 5. The third-order valence-electron chi connectivity index (χ3n) is 7.94. The van der Waals surface area contributed by atoms with Gasteiger partial charge in [-0.2, -0.15) is 4.99 Å². The van der Waals surface area contributed by atoms with Crippen LogP contribution in [0, 0.1) is 5.82 Å². The largest absolute Gasteiger partial charge is 0.369 e. The third-order valence-corrected chi connectivity index (χ3v) is 8.18. The Morgan fingerprint density at radius 3 is 2.63 bits per heavy atom. The number of likely N-dealkylation sites (tertiary alicyclic amines) is 1. The first kappa shape index (κ1) is 28.6. The van der Waals surface area contributed by atoms with Crippen LogP contribution in [0.1, 0.15) is 22.3 Å². The van der Waals surface area contributed by atoms with Gasteiger partial charge in [-0.3, -0.25) is 4.79 Å². The van der Waals surface area contributed by atoms with E-state index in [1.54, 1.807) is 48.7 Å². The van der Waals surface area contributed by atoms with Crippen LogP contribution in [0.2, 0.25) is 5.02 Å². The van der Waals surface area contributed by atoms with E-state index in [1.807, 2.05) is 42.1 Å². The molecule has 3 N–H and O–H groups in total. The molecular weight excluding hydrogens is 567 g/mol. The predicted octanol–water partition coefficient (Wildman–Crippen LogP) is 5.46. The number of aromatic nitrogens is 2. The minimum atomic E-state index is -0.395. The van der Waals surface area contributed by atoms with Crippen molar-refractivity contribution in [2.24, 2.45) is 10.7 Å². The number of hydrogen-bond donors (Lipinski definition) is 2. The van der Waals surface area contributed by atoms with E-state index in [-0.39, 0.29) is 11.8 Å². The lowest BCUT2D eigenvalue weighted by molar-refractivity contribution is 0.100. The monoisotopic (exact) mass is 598 g/mol.